The molecule has 0 radical (unpaired) electrons. The van der Waals surface area contributed by atoms with Crippen LogP contribution in [0.2, 0.25) is 0 Å². The minimum absolute atomic E-state index is 0.190. The van der Waals surface area contributed by atoms with Crippen molar-refractivity contribution >= 4 is 0 Å². The first-order chi connectivity index (χ1) is 13.8. The van der Waals surface area contributed by atoms with Gasteiger partial charge in [0.1, 0.15) is 17.4 Å². The van der Waals surface area contributed by atoms with Crippen LogP contribution in [0.4, 0.5) is 17.6 Å². The van der Waals surface area contributed by atoms with Gasteiger partial charge in [-0.3, -0.25) is 0 Å². The second kappa shape index (κ2) is 9.70. The molecule has 2 aliphatic carbocycles. The lowest BCUT2D eigenvalue weighted by molar-refractivity contribution is -0.223. The van der Waals surface area contributed by atoms with Gasteiger partial charge in [0.25, 0.3) is 0 Å². The molecule has 0 bridgehead atoms. The van der Waals surface area contributed by atoms with E-state index in [1.807, 2.05) is 0 Å². The van der Waals surface area contributed by atoms with Crippen molar-refractivity contribution in [3.8, 4) is 5.75 Å². The van der Waals surface area contributed by atoms with E-state index >= 15 is 0 Å². The van der Waals surface area contributed by atoms with Gasteiger partial charge in [-0.2, -0.15) is 8.78 Å². The van der Waals surface area contributed by atoms with E-state index in [0.29, 0.717) is 18.8 Å². The first-order valence-electron chi connectivity index (χ1n) is 11.3. The Morgan fingerprint density at radius 1 is 0.828 bits per heavy atom. The third-order valence-electron chi connectivity index (χ3n) is 7.36. The fourth-order valence-electron chi connectivity index (χ4n) is 5.11. The Bertz CT molecular complexity index is 636. The fraction of sp³-hybridized carbons (Fsp3) is 0.750. The maximum absolute atomic E-state index is 14.6. The van der Waals surface area contributed by atoms with Crippen molar-refractivity contribution in [2.45, 2.75) is 90.6 Å². The summed E-state index contributed by atoms with van der Waals surface area (Å²) in [6.07, 6.45) is 7.94. The van der Waals surface area contributed by atoms with E-state index < -0.39 is 29.4 Å². The van der Waals surface area contributed by atoms with Gasteiger partial charge in [0.15, 0.2) is 0 Å². The van der Waals surface area contributed by atoms with E-state index in [1.54, 1.807) is 0 Å². The number of hydrogen-bond acceptors (Lipinski definition) is 1. The molecule has 0 aromatic heterocycles. The Hall–Kier alpha value is -1.26. The van der Waals surface area contributed by atoms with E-state index in [2.05, 4.69) is 6.92 Å². The second-order valence-electron chi connectivity index (χ2n) is 9.27. The van der Waals surface area contributed by atoms with Crippen molar-refractivity contribution in [3.05, 3.63) is 29.3 Å². The highest BCUT2D eigenvalue weighted by Crippen LogP contribution is 2.42. The average Bonchev–Trinajstić information content (AvgIpc) is 2.71. The summed E-state index contributed by atoms with van der Waals surface area (Å²) in [6.45, 7) is 3.54. The highest BCUT2D eigenvalue weighted by atomic mass is 19.3. The lowest BCUT2D eigenvalue weighted by atomic mass is 9.75. The number of ether oxygens (including phenoxy) is 1. The van der Waals surface area contributed by atoms with Crippen LogP contribution in [0.3, 0.4) is 0 Å². The molecule has 0 atom stereocenters. The molecule has 2 fully saturated rings. The van der Waals surface area contributed by atoms with E-state index in [1.165, 1.54) is 45.4 Å². The standard InChI is InChI=1S/C24H34F4O/c1-3-17-4-6-18(7-5-17)8-9-19-10-12-20(13-11-19)24(27,28)29-21-14-22(25)16(2)23(26)15-21/h14-15,17-20H,3-13H2,1-2H3. The van der Waals surface area contributed by atoms with Crippen molar-refractivity contribution in [2.24, 2.45) is 23.7 Å². The van der Waals surface area contributed by atoms with Crippen molar-refractivity contribution in [3.63, 3.8) is 0 Å². The molecule has 0 spiro atoms. The van der Waals surface area contributed by atoms with E-state index in [-0.39, 0.29) is 5.56 Å². The smallest absolute Gasteiger partial charge is 0.400 e. The third-order valence-corrected chi connectivity index (χ3v) is 7.36. The van der Waals surface area contributed by atoms with Crippen molar-refractivity contribution in [2.75, 3.05) is 0 Å². The zero-order chi connectivity index (χ0) is 21.0. The monoisotopic (exact) mass is 414 g/mol. The molecule has 0 unspecified atom stereocenters. The van der Waals surface area contributed by atoms with Crippen LogP contribution in [0.1, 0.15) is 83.1 Å². The van der Waals surface area contributed by atoms with Gasteiger partial charge in [0.05, 0.1) is 5.92 Å². The lowest BCUT2D eigenvalue weighted by Gasteiger charge is -2.34. The van der Waals surface area contributed by atoms with Crippen LogP contribution in [0, 0.1) is 42.2 Å². The molecule has 0 aliphatic heterocycles. The molecule has 164 valence electrons. The SMILES string of the molecule is CCC1CCC(CCC2CCC(C(F)(F)Oc3cc(F)c(C)c(F)c3)CC2)CC1. The van der Waals surface area contributed by atoms with Crippen LogP contribution < -0.4 is 4.74 Å². The number of hydrogen-bond donors (Lipinski definition) is 0. The van der Waals surface area contributed by atoms with Crippen molar-refractivity contribution < 1.29 is 22.3 Å². The van der Waals surface area contributed by atoms with Crippen LogP contribution in [0.25, 0.3) is 0 Å². The number of alkyl halides is 2. The summed E-state index contributed by atoms with van der Waals surface area (Å²) in [7, 11) is 0. The Kier molecular flexibility index (Phi) is 7.50. The molecular formula is C24H34F4O. The molecule has 29 heavy (non-hydrogen) atoms. The molecule has 0 heterocycles. The zero-order valence-electron chi connectivity index (χ0n) is 17.7. The summed E-state index contributed by atoms with van der Waals surface area (Å²) >= 11 is 0. The lowest BCUT2D eigenvalue weighted by Crippen LogP contribution is -2.37. The van der Waals surface area contributed by atoms with Crippen LogP contribution >= 0.6 is 0 Å². The molecule has 1 aromatic rings. The minimum Gasteiger partial charge on any atom is -0.432 e. The Balaban J connectivity index is 1.44. The van der Waals surface area contributed by atoms with Gasteiger partial charge in [0.2, 0.25) is 0 Å². The van der Waals surface area contributed by atoms with Gasteiger partial charge in [-0.05, 0) is 50.4 Å². The van der Waals surface area contributed by atoms with Crippen LogP contribution in [0.5, 0.6) is 5.75 Å². The first kappa shape index (κ1) is 22.4. The quantitative estimate of drug-likeness (QED) is 0.410. The Morgan fingerprint density at radius 2 is 1.28 bits per heavy atom. The Morgan fingerprint density at radius 3 is 1.76 bits per heavy atom. The van der Waals surface area contributed by atoms with Crippen LogP contribution in [-0.2, 0) is 0 Å². The number of benzene rings is 1. The molecule has 0 amide bonds. The van der Waals surface area contributed by atoms with Crippen LogP contribution in [-0.4, -0.2) is 6.11 Å². The van der Waals surface area contributed by atoms with Crippen LogP contribution in [0.15, 0.2) is 12.1 Å². The van der Waals surface area contributed by atoms with Gasteiger partial charge in [-0.15, -0.1) is 0 Å². The van der Waals surface area contributed by atoms with Crippen molar-refractivity contribution in [1.82, 2.24) is 0 Å². The van der Waals surface area contributed by atoms with Gasteiger partial charge in [-0.25, -0.2) is 8.78 Å². The zero-order valence-corrected chi connectivity index (χ0v) is 17.7. The number of rotatable bonds is 7. The summed E-state index contributed by atoms with van der Waals surface area (Å²) in [5.41, 5.74) is -0.190. The molecule has 0 saturated heterocycles. The summed E-state index contributed by atoms with van der Waals surface area (Å²) < 4.78 is 61.1. The maximum Gasteiger partial charge on any atom is 0.400 e. The molecule has 5 heteroatoms. The summed E-state index contributed by atoms with van der Waals surface area (Å²) in [6, 6.07) is 1.68. The average molecular weight is 415 g/mol. The van der Waals surface area contributed by atoms with Gasteiger partial charge in [0, 0.05) is 17.7 Å². The topological polar surface area (TPSA) is 9.23 Å². The predicted molar refractivity (Wildman–Crippen MR) is 107 cm³/mol. The second-order valence-corrected chi connectivity index (χ2v) is 9.27. The van der Waals surface area contributed by atoms with Gasteiger partial charge in [-0.1, -0.05) is 51.9 Å². The summed E-state index contributed by atoms with van der Waals surface area (Å²) in [5, 5.41) is 0. The molecule has 3 rings (SSSR count). The first-order valence-corrected chi connectivity index (χ1v) is 11.3. The predicted octanol–water partition coefficient (Wildman–Crippen LogP) is 8.05. The fourth-order valence-corrected chi connectivity index (χ4v) is 5.11. The largest absolute Gasteiger partial charge is 0.432 e. The summed E-state index contributed by atoms with van der Waals surface area (Å²) in [4.78, 5) is 0. The van der Waals surface area contributed by atoms with E-state index in [9.17, 15) is 17.6 Å². The normalized spacial score (nSPS) is 28.3. The molecule has 0 N–H and O–H groups in total. The molecular weight excluding hydrogens is 380 g/mol. The molecule has 1 aromatic carbocycles. The maximum atomic E-state index is 14.6. The molecule has 2 saturated carbocycles. The Labute approximate surface area is 172 Å². The van der Waals surface area contributed by atoms with Crippen molar-refractivity contribution in [1.29, 1.82) is 0 Å². The highest BCUT2D eigenvalue weighted by Gasteiger charge is 2.44. The highest BCUT2D eigenvalue weighted by molar-refractivity contribution is 5.30. The third kappa shape index (κ3) is 5.88. The minimum atomic E-state index is -3.41. The molecule has 2 aliphatic rings. The van der Waals surface area contributed by atoms with E-state index in [0.717, 1.165) is 43.2 Å². The van der Waals surface area contributed by atoms with E-state index in [4.69, 9.17) is 4.74 Å². The summed E-state index contributed by atoms with van der Waals surface area (Å²) in [5.74, 6) is -0.849. The van der Waals surface area contributed by atoms with Gasteiger partial charge >= 0.3 is 6.11 Å². The number of halogens is 4. The molecule has 1 nitrogen and oxygen atoms in total. The van der Waals surface area contributed by atoms with Gasteiger partial charge < -0.3 is 4.74 Å².